The highest BCUT2D eigenvalue weighted by Gasteiger charge is 1.70. The molecule has 5 nitrogen and oxygen atoms in total. The lowest BCUT2D eigenvalue weighted by atomic mass is 10.3. The molecule has 246 valence electrons. The smallest absolute Gasteiger partial charge is 0.115 e. The van der Waals surface area contributed by atoms with Gasteiger partial charge in [0.1, 0.15) is 6.33 Å². The van der Waals surface area contributed by atoms with E-state index in [1.165, 1.54) is 6.33 Å². The zero-order valence-corrected chi connectivity index (χ0v) is 31.2. The van der Waals surface area contributed by atoms with Crippen LogP contribution in [0, 0.1) is 35.5 Å². The summed E-state index contributed by atoms with van der Waals surface area (Å²) in [5.41, 5.74) is 0. The van der Waals surface area contributed by atoms with Gasteiger partial charge in [-0.2, -0.15) is 10.2 Å². The first-order valence-electron chi connectivity index (χ1n) is 15.7. The lowest BCUT2D eigenvalue weighted by Crippen LogP contribution is -1.69. The Bertz CT molecular complexity index is 499. The molecule has 0 atom stereocenters. The first-order chi connectivity index (χ1) is 19.4. The summed E-state index contributed by atoms with van der Waals surface area (Å²) < 4.78 is 0. The Morgan fingerprint density at radius 1 is 0.262 bits per heavy atom. The zero-order chi connectivity index (χ0) is 34.2. The van der Waals surface area contributed by atoms with Crippen LogP contribution in [0.5, 0.6) is 0 Å². The van der Waals surface area contributed by atoms with Crippen molar-refractivity contribution in [3.63, 3.8) is 0 Å². The van der Waals surface area contributed by atoms with E-state index < -0.39 is 0 Å². The highest BCUT2D eigenvalue weighted by molar-refractivity contribution is 4.88. The quantitative estimate of drug-likeness (QED) is 0.262. The van der Waals surface area contributed by atoms with Gasteiger partial charge in [0, 0.05) is 37.2 Å². The van der Waals surface area contributed by atoms with Crippen molar-refractivity contribution >= 4 is 0 Å². The zero-order valence-electron chi connectivity index (χ0n) is 31.2. The Morgan fingerprint density at radius 2 is 0.476 bits per heavy atom. The molecular weight excluding hydrogens is 514 g/mol. The van der Waals surface area contributed by atoms with Gasteiger partial charge < -0.3 is 0 Å². The van der Waals surface area contributed by atoms with E-state index in [1.807, 2.05) is 30.3 Å². The summed E-state index contributed by atoms with van der Waals surface area (Å²) in [6.45, 7) is 39.0. The number of hydrogen-bond donors (Lipinski definition) is 0. The minimum absolute atomic E-state index is 0.833. The Labute approximate surface area is 264 Å². The van der Waals surface area contributed by atoms with Gasteiger partial charge >= 0.3 is 0 Å². The second-order valence-corrected chi connectivity index (χ2v) is 13.2. The average Bonchev–Trinajstić information content (AvgIpc) is 2.86. The first kappa shape index (κ1) is 52.0. The van der Waals surface area contributed by atoms with Crippen LogP contribution in [0.2, 0.25) is 0 Å². The predicted molar refractivity (Wildman–Crippen MR) is 191 cm³/mol. The van der Waals surface area contributed by atoms with Gasteiger partial charge in [0.15, 0.2) is 0 Å². The Morgan fingerprint density at radius 3 is 0.548 bits per heavy atom. The molecule has 0 aliphatic rings. The molecule has 0 N–H and O–H groups in total. The van der Waals surface area contributed by atoms with Gasteiger partial charge in [-0.05, 0) is 65.8 Å². The van der Waals surface area contributed by atoms with E-state index in [4.69, 9.17) is 0 Å². The van der Waals surface area contributed by atoms with Crippen molar-refractivity contribution in [2.75, 3.05) is 0 Å². The fourth-order valence-electron chi connectivity index (χ4n) is 0.819. The van der Waals surface area contributed by atoms with E-state index in [9.17, 15) is 0 Å². The van der Waals surface area contributed by atoms with Crippen LogP contribution in [0.25, 0.3) is 0 Å². The normalized spacial score (nSPS) is 8.57. The third-order valence-electron chi connectivity index (χ3n) is 1.53. The van der Waals surface area contributed by atoms with Gasteiger partial charge in [-0.25, -0.2) is 9.97 Å². The van der Waals surface area contributed by atoms with Crippen LogP contribution < -0.4 is 0 Å². The molecule has 0 aromatic carbocycles. The van der Waals surface area contributed by atoms with Gasteiger partial charge in [-0.15, -0.1) is 0 Å². The standard InChI is InChI=1S/C5H5N.2C4H4N2.6C4H10/c1-2-4-6-5-3-1;1-2-5-4-6-3-1;1-2-4-6-5-3-1;6*1-4(2)3/h1-5H;2*1-4H;6*4H,1-3H3. The van der Waals surface area contributed by atoms with Crippen LogP contribution in [0.4, 0.5) is 0 Å². The van der Waals surface area contributed by atoms with Crippen molar-refractivity contribution in [2.45, 2.75) is 125 Å². The summed E-state index contributed by atoms with van der Waals surface area (Å²) in [4.78, 5) is 11.1. The lowest BCUT2D eigenvalue weighted by molar-refractivity contribution is 0.736. The maximum absolute atomic E-state index is 3.78. The predicted octanol–water partition coefficient (Wildman–Crippen LogP) is 12.0. The van der Waals surface area contributed by atoms with E-state index >= 15 is 0 Å². The molecule has 0 fully saturated rings. The Hall–Kier alpha value is -2.69. The average molecular weight is 588 g/mol. The van der Waals surface area contributed by atoms with E-state index in [0.29, 0.717) is 0 Å². The molecule has 0 bridgehead atoms. The Kier molecular flexibility index (Phi) is 59.5. The summed E-state index contributed by atoms with van der Waals surface area (Å²) in [6, 6.07) is 11.1. The maximum atomic E-state index is 3.78. The van der Waals surface area contributed by atoms with Crippen molar-refractivity contribution in [3.05, 3.63) is 79.9 Å². The van der Waals surface area contributed by atoms with E-state index in [1.54, 1.807) is 43.2 Å². The summed E-state index contributed by atoms with van der Waals surface area (Å²) in [7, 11) is 0. The second-order valence-electron chi connectivity index (χ2n) is 13.2. The van der Waals surface area contributed by atoms with Crippen LogP contribution in [-0.2, 0) is 0 Å². The largest absolute Gasteiger partial charge is 0.265 e. The van der Waals surface area contributed by atoms with Gasteiger partial charge in [0.2, 0.25) is 0 Å². The summed E-state index contributed by atoms with van der Waals surface area (Å²) in [5, 5.41) is 7.07. The molecule has 3 aromatic rings. The lowest BCUT2D eigenvalue weighted by Gasteiger charge is -1.79. The molecular formula is C37H73N5. The van der Waals surface area contributed by atoms with Crippen molar-refractivity contribution in [3.8, 4) is 0 Å². The number of rotatable bonds is 0. The molecule has 0 aliphatic carbocycles. The molecule has 3 rings (SSSR count). The fourth-order valence-corrected chi connectivity index (χ4v) is 0.819. The second kappa shape index (κ2) is 48.1. The number of aromatic nitrogens is 5. The molecule has 0 unspecified atom stereocenters. The SMILES string of the molecule is CC(C)C.CC(C)C.CC(C)C.CC(C)C.CC(C)C.CC(C)C.c1ccncc1.c1ccnnc1.c1cncnc1. The van der Waals surface area contributed by atoms with Crippen molar-refractivity contribution in [1.82, 2.24) is 25.1 Å². The minimum atomic E-state index is 0.833. The monoisotopic (exact) mass is 588 g/mol. The highest BCUT2D eigenvalue weighted by Crippen LogP contribution is 1.83. The molecule has 0 spiro atoms. The van der Waals surface area contributed by atoms with Crippen molar-refractivity contribution in [1.29, 1.82) is 0 Å². The molecule has 3 heterocycles. The molecule has 0 saturated carbocycles. The van der Waals surface area contributed by atoms with E-state index in [0.717, 1.165) is 35.5 Å². The molecule has 0 aliphatic heterocycles. The van der Waals surface area contributed by atoms with E-state index in [2.05, 4.69) is 150 Å². The molecule has 0 saturated heterocycles. The van der Waals surface area contributed by atoms with Gasteiger partial charge in [0.25, 0.3) is 0 Å². The Balaban J connectivity index is -0.0000000876. The third kappa shape index (κ3) is 210. The van der Waals surface area contributed by atoms with Gasteiger partial charge in [-0.1, -0.05) is 131 Å². The van der Waals surface area contributed by atoms with Gasteiger partial charge in [0.05, 0.1) is 0 Å². The van der Waals surface area contributed by atoms with Crippen molar-refractivity contribution < 1.29 is 0 Å². The fraction of sp³-hybridized carbons (Fsp3) is 0.649. The molecule has 3 aromatic heterocycles. The molecule has 0 radical (unpaired) electrons. The third-order valence-corrected chi connectivity index (χ3v) is 1.53. The van der Waals surface area contributed by atoms with Crippen LogP contribution in [0.15, 0.2) is 79.9 Å². The summed E-state index contributed by atoms with van der Waals surface area (Å²) in [6.07, 6.45) is 11.7. The van der Waals surface area contributed by atoms with Crippen LogP contribution >= 0.6 is 0 Å². The maximum Gasteiger partial charge on any atom is 0.115 e. The van der Waals surface area contributed by atoms with Crippen LogP contribution in [0.3, 0.4) is 0 Å². The highest BCUT2D eigenvalue weighted by atomic mass is 15.1. The topological polar surface area (TPSA) is 64.5 Å². The number of nitrogens with zero attached hydrogens (tertiary/aromatic N) is 5. The first-order valence-corrected chi connectivity index (χ1v) is 15.7. The molecule has 5 heteroatoms. The van der Waals surface area contributed by atoms with Crippen LogP contribution in [0.1, 0.15) is 125 Å². The minimum Gasteiger partial charge on any atom is -0.265 e. The summed E-state index contributed by atoms with van der Waals surface area (Å²) in [5.74, 6) is 5.00. The molecule has 0 amide bonds. The number of hydrogen-bond acceptors (Lipinski definition) is 5. The molecule has 42 heavy (non-hydrogen) atoms. The van der Waals surface area contributed by atoms with Crippen LogP contribution in [-0.4, -0.2) is 25.1 Å². The summed E-state index contributed by atoms with van der Waals surface area (Å²) >= 11 is 0. The van der Waals surface area contributed by atoms with Gasteiger partial charge in [-0.3, -0.25) is 4.98 Å². The van der Waals surface area contributed by atoms with E-state index in [-0.39, 0.29) is 0 Å². The van der Waals surface area contributed by atoms with Crippen molar-refractivity contribution in [2.24, 2.45) is 35.5 Å². The number of pyridine rings is 1.